The molecule has 0 aliphatic heterocycles. The molecule has 7 nitrogen and oxygen atoms in total. The van der Waals surface area contributed by atoms with Crippen molar-refractivity contribution in [3.63, 3.8) is 0 Å². The predicted molar refractivity (Wildman–Crippen MR) is 75.5 cm³/mol. The fraction of sp³-hybridized carbons (Fsp3) is 0.750. The second kappa shape index (κ2) is 6.11. The van der Waals surface area contributed by atoms with Gasteiger partial charge in [-0.3, -0.25) is 4.68 Å². The maximum atomic E-state index is 12.3. The predicted octanol–water partition coefficient (Wildman–Crippen LogP) is 0.457. The minimum atomic E-state index is -3.65. The van der Waals surface area contributed by atoms with E-state index in [9.17, 15) is 13.5 Å². The van der Waals surface area contributed by atoms with Gasteiger partial charge in [-0.25, -0.2) is 13.1 Å². The van der Waals surface area contributed by atoms with Crippen molar-refractivity contribution >= 4 is 15.8 Å². The molecule has 0 amide bonds. The zero-order chi connectivity index (χ0) is 14.8. The van der Waals surface area contributed by atoms with Crippen LogP contribution < -0.4 is 10.5 Å². The maximum Gasteiger partial charge on any atom is 0.246 e. The van der Waals surface area contributed by atoms with E-state index in [1.165, 1.54) is 6.20 Å². The van der Waals surface area contributed by atoms with Gasteiger partial charge in [0.25, 0.3) is 0 Å². The van der Waals surface area contributed by atoms with Crippen molar-refractivity contribution < 1.29 is 13.5 Å². The first-order chi connectivity index (χ1) is 9.42. The van der Waals surface area contributed by atoms with Gasteiger partial charge in [-0.2, -0.15) is 5.10 Å². The van der Waals surface area contributed by atoms with Crippen LogP contribution >= 0.6 is 0 Å². The van der Waals surface area contributed by atoms with Gasteiger partial charge < -0.3 is 10.8 Å². The Morgan fingerprint density at radius 3 is 2.70 bits per heavy atom. The second-order valence-electron chi connectivity index (χ2n) is 5.27. The normalized spacial score (nSPS) is 23.9. The van der Waals surface area contributed by atoms with Crippen LogP contribution in [0.2, 0.25) is 0 Å². The monoisotopic (exact) mass is 302 g/mol. The number of aryl methyl sites for hydroxylation is 1. The van der Waals surface area contributed by atoms with Gasteiger partial charge in [-0.15, -0.1) is 0 Å². The molecule has 0 saturated heterocycles. The third-order valence-corrected chi connectivity index (χ3v) is 5.05. The molecule has 0 aromatic carbocycles. The summed E-state index contributed by atoms with van der Waals surface area (Å²) in [6.07, 6.45) is 4.54. The Morgan fingerprint density at radius 2 is 2.10 bits per heavy atom. The lowest BCUT2D eigenvalue weighted by Crippen LogP contribution is -2.38. The third kappa shape index (κ3) is 3.50. The van der Waals surface area contributed by atoms with Crippen LogP contribution in [-0.2, 0) is 16.6 Å². The van der Waals surface area contributed by atoms with Crippen molar-refractivity contribution in [3.8, 4) is 0 Å². The largest absolute Gasteiger partial charge is 0.393 e. The summed E-state index contributed by atoms with van der Waals surface area (Å²) in [6, 6.07) is -0.141. The van der Waals surface area contributed by atoms with Crippen LogP contribution in [0.1, 0.15) is 39.0 Å². The van der Waals surface area contributed by atoms with Crippen LogP contribution in [0.5, 0.6) is 0 Å². The Balaban J connectivity index is 2.10. The van der Waals surface area contributed by atoms with Gasteiger partial charge in [0, 0.05) is 18.8 Å². The summed E-state index contributed by atoms with van der Waals surface area (Å²) < 4.78 is 28.8. The molecular weight excluding hydrogens is 280 g/mol. The van der Waals surface area contributed by atoms with Gasteiger partial charge in [0.1, 0.15) is 4.90 Å². The highest BCUT2D eigenvalue weighted by atomic mass is 32.2. The summed E-state index contributed by atoms with van der Waals surface area (Å²) in [4.78, 5) is 0.0390. The minimum Gasteiger partial charge on any atom is -0.393 e. The lowest BCUT2D eigenvalue weighted by molar-refractivity contribution is 0.120. The number of rotatable bonds is 5. The summed E-state index contributed by atoms with van der Waals surface area (Å²) in [5.74, 6) is 0.0294. The van der Waals surface area contributed by atoms with E-state index in [0.29, 0.717) is 32.2 Å². The van der Waals surface area contributed by atoms with Gasteiger partial charge in [0.05, 0.1) is 6.10 Å². The standard InChI is InChI=1S/C12H22N4O3S/c1-2-7-16-8-11(12(13)14-16)20(18,19)15-9-3-5-10(17)6-4-9/h8-10,15,17H,2-7H2,1H3,(H2,13,14). The lowest BCUT2D eigenvalue weighted by Gasteiger charge is -2.25. The van der Waals surface area contributed by atoms with Gasteiger partial charge in [-0.05, 0) is 32.1 Å². The quantitative estimate of drug-likeness (QED) is 0.731. The number of aromatic nitrogens is 2. The first-order valence-electron chi connectivity index (χ1n) is 6.95. The number of nitrogen functional groups attached to an aromatic ring is 1. The van der Waals surface area contributed by atoms with E-state index in [0.717, 1.165) is 6.42 Å². The Labute approximate surface area is 119 Å². The van der Waals surface area contributed by atoms with Crippen molar-refractivity contribution in [2.75, 3.05) is 5.73 Å². The van der Waals surface area contributed by atoms with Crippen molar-refractivity contribution in [1.29, 1.82) is 0 Å². The number of nitrogens with one attached hydrogen (secondary N) is 1. The Kier molecular flexibility index (Phi) is 4.66. The van der Waals surface area contributed by atoms with Gasteiger partial charge in [-0.1, -0.05) is 6.92 Å². The Bertz CT molecular complexity index is 547. The van der Waals surface area contributed by atoms with E-state index in [1.807, 2.05) is 6.92 Å². The van der Waals surface area contributed by atoms with E-state index >= 15 is 0 Å². The molecule has 0 bridgehead atoms. The van der Waals surface area contributed by atoms with Gasteiger partial charge in [0.2, 0.25) is 10.0 Å². The summed E-state index contributed by atoms with van der Waals surface area (Å²) in [5, 5.41) is 13.4. The summed E-state index contributed by atoms with van der Waals surface area (Å²) in [7, 11) is -3.65. The average molecular weight is 302 g/mol. The average Bonchev–Trinajstić information content (AvgIpc) is 2.74. The Hall–Kier alpha value is -1.12. The molecule has 0 unspecified atom stereocenters. The number of sulfonamides is 1. The molecule has 0 spiro atoms. The van der Waals surface area contributed by atoms with Crippen LogP contribution in [0, 0.1) is 0 Å². The molecular formula is C12H22N4O3S. The van der Waals surface area contributed by atoms with E-state index in [4.69, 9.17) is 5.73 Å². The molecule has 114 valence electrons. The number of hydrogen-bond donors (Lipinski definition) is 3. The molecule has 0 atom stereocenters. The first-order valence-corrected chi connectivity index (χ1v) is 8.44. The van der Waals surface area contributed by atoms with Crippen LogP contribution in [0.25, 0.3) is 0 Å². The number of nitrogens with two attached hydrogens (primary N) is 1. The molecule has 1 saturated carbocycles. The number of hydrogen-bond acceptors (Lipinski definition) is 5. The summed E-state index contributed by atoms with van der Waals surface area (Å²) in [6.45, 7) is 2.62. The van der Waals surface area contributed by atoms with Crippen molar-refractivity contribution in [3.05, 3.63) is 6.20 Å². The minimum absolute atomic E-state index is 0.0294. The third-order valence-electron chi connectivity index (χ3n) is 3.52. The summed E-state index contributed by atoms with van der Waals surface area (Å²) >= 11 is 0. The molecule has 8 heteroatoms. The maximum absolute atomic E-state index is 12.3. The van der Waals surface area contributed by atoms with E-state index in [1.54, 1.807) is 4.68 Å². The van der Waals surface area contributed by atoms with Crippen molar-refractivity contribution in [2.24, 2.45) is 0 Å². The molecule has 1 aliphatic carbocycles. The van der Waals surface area contributed by atoms with E-state index in [-0.39, 0.29) is 22.9 Å². The topological polar surface area (TPSA) is 110 Å². The van der Waals surface area contributed by atoms with Gasteiger partial charge in [0.15, 0.2) is 5.82 Å². The van der Waals surface area contributed by atoms with Crippen LogP contribution in [0.4, 0.5) is 5.82 Å². The van der Waals surface area contributed by atoms with Crippen LogP contribution in [-0.4, -0.2) is 35.5 Å². The molecule has 1 fully saturated rings. The van der Waals surface area contributed by atoms with Crippen LogP contribution in [0.3, 0.4) is 0 Å². The highest BCUT2D eigenvalue weighted by Crippen LogP contribution is 2.22. The zero-order valence-electron chi connectivity index (χ0n) is 11.6. The zero-order valence-corrected chi connectivity index (χ0v) is 12.4. The first kappa shape index (κ1) is 15.3. The fourth-order valence-corrected chi connectivity index (χ4v) is 3.82. The van der Waals surface area contributed by atoms with Gasteiger partial charge >= 0.3 is 0 Å². The smallest absolute Gasteiger partial charge is 0.246 e. The van der Waals surface area contributed by atoms with Crippen LogP contribution in [0.15, 0.2) is 11.1 Å². The van der Waals surface area contributed by atoms with E-state index < -0.39 is 10.0 Å². The molecule has 1 aromatic heterocycles. The highest BCUT2D eigenvalue weighted by molar-refractivity contribution is 7.89. The second-order valence-corrected chi connectivity index (χ2v) is 6.95. The highest BCUT2D eigenvalue weighted by Gasteiger charge is 2.27. The molecule has 20 heavy (non-hydrogen) atoms. The Morgan fingerprint density at radius 1 is 1.45 bits per heavy atom. The molecule has 2 rings (SSSR count). The SMILES string of the molecule is CCCn1cc(S(=O)(=O)NC2CCC(O)CC2)c(N)n1. The number of aliphatic hydroxyl groups is 1. The number of anilines is 1. The van der Waals surface area contributed by atoms with E-state index in [2.05, 4.69) is 9.82 Å². The molecule has 1 aliphatic rings. The summed E-state index contributed by atoms with van der Waals surface area (Å²) in [5.41, 5.74) is 5.69. The lowest BCUT2D eigenvalue weighted by atomic mass is 9.94. The molecule has 1 aromatic rings. The molecule has 0 radical (unpaired) electrons. The molecule has 1 heterocycles. The number of aliphatic hydroxyl groups excluding tert-OH is 1. The van der Waals surface area contributed by atoms with Crippen molar-refractivity contribution in [1.82, 2.24) is 14.5 Å². The van der Waals surface area contributed by atoms with Crippen molar-refractivity contribution in [2.45, 2.75) is 62.6 Å². The fourth-order valence-electron chi connectivity index (χ4n) is 2.45. The number of nitrogens with zero attached hydrogens (tertiary/aromatic N) is 2. The molecule has 4 N–H and O–H groups in total.